The van der Waals surface area contributed by atoms with E-state index < -0.39 is 0 Å². The van der Waals surface area contributed by atoms with Crippen molar-refractivity contribution in [1.82, 2.24) is 20.2 Å². The van der Waals surface area contributed by atoms with E-state index in [1.807, 2.05) is 36.4 Å². The van der Waals surface area contributed by atoms with Gasteiger partial charge < -0.3 is 14.4 Å². The van der Waals surface area contributed by atoms with E-state index >= 15 is 0 Å². The molecule has 2 aliphatic rings. The van der Waals surface area contributed by atoms with Crippen LogP contribution in [0.5, 0.6) is 11.5 Å². The number of benzene rings is 2. The Kier molecular flexibility index (Phi) is 3.70. The van der Waals surface area contributed by atoms with Crippen LogP contribution < -0.4 is 14.4 Å². The van der Waals surface area contributed by atoms with Crippen molar-refractivity contribution in [3.05, 3.63) is 54.1 Å². The van der Waals surface area contributed by atoms with Gasteiger partial charge in [0.1, 0.15) is 13.2 Å². The van der Waals surface area contributed by atoms with E-state index in [1.165, 1.54) is 5.56 Å². The highest BCUT2D eigenvalue weighted by molar-refractivity contribution is 5.49. The Hall–Kier alpha value is -3.09. The number of nitrogens with zero attached hydrogens (tertiary/aromatic N) is 5. The van der Waals surface area contributed by atoms with Gasteiger partial charge in [0.2, 0.25) is 0 Å². The van der Waals surface area contributed by atoms with E-state index in [0.29, 0.717) is 13.2 Å². The van der Waals surface area contributed by atoms with Crippen LogP contribution in [-0.4, -0.2) is 40.0 Å². The molecule has 0 amide bonds. The smallest absolute Gasteiger partial charge is 0.250 e. The molecule has 0 saturated carbocycles. The number of fused-ring (bicyclic) bond motifs is 1. The lowest BCUT2D eigenvalue weighted by atomic mass is 10.0. The normalized spacial score (nSPS) is 18.9. The third-order valence-corrected chi connectivity index (χ3v) is 4.91. The first-order valence-electron chi connectivity index (χ1n) is 8.90. The minimum atomic E-state index is 0.222. The SMILES string of the molecule is c1ccc(-n2nnnc2N2CCC[C@@H]2c2ccc3c(c2)OCCO3)cc1. The molecule has 0 aliphatic carbocycles. The summed E-state index contributed by atoms with van der Waals surface area (Å²) >= 11 is 0. The third-order valence-electron chi connectivity index (χ3n) is 4.91. The summed E-state index contributed by atoms with van der Waals surface area (Å²) in [6.07, 6.45) is 2.15. The number of hydrogen-bond acceptors (Lipinski definition) is 6. The topological polar surface area (TPSA) is 65.3 Å². The van der Waals surface area contributed by atoms with Crippen molar-refractivity contribution in [2.24, 2.45) is 0 Å². The van der Waals surface area contributed by atoms with Crippen LogP contribution in [-0.2, 0) is 0 Å². The summed E-state index contributed by atoms with van der Waals surface area (Å²) in [5.74, 6) is 2.41. The Morgan fingerprint density at radius 2 is 1.81 bits per heavy atom. The summed E-state index contributed by atoms with van der Waals surface area (Å²) in [5, 5.41) is 12.4. The van der Waals surface area contributed by atoms with Crippen molar-refractivity contribution in [3.8, 4) is 17.2 Å². The van der Waals surface area contributed by atoms with Crippen LogP contribution >= 0.6 is 0 Å². The van der Waals surface area contributed by atoms with E-state index in [1.54, 1.807) is 4.68 Å². The number of rotatable bonds is 3. The van der Waals surface area contributed by atoms with Crippen LogP contribution in [0, 0.1) is 0 Å². The van der Waals surface area contributed by atoms with Crippen LogP contribution in [0.1, 0.15) is 24.4 Å². The quantitative estimate of drug-likeness (QED) is 0.724. The van der Waals surface area contributed by atoms with Gasteiger partial charge in [-0.25, -0.2) is 0 Å². The number of ether oxygens (including phenoxy) is 2. The molecule has 0 unspecified atom stereocenters. The highest BCUT2D eigenvalue weighted by Crippen LogP contribution is 2.39. The van der Waals surface area contributed by atoms with Crippen molar-refractivity contribution in [1.29, 1.82) is 0 Å². The van der Waals surface area contributed by atoms with Gasteiger partial charge in [-0.2, -0.15) is 4.68 Å². The number of hydrogen-bond donors (Lipinski definition) is 0. The molecule has 1 fully saturated rings. The summed E-state index contributed by atoms with van der Waals surface area (Å²) < 4.78 is 13.2. The maximum absolute atomic E-state index is 5.75. The van der Waals surface area contributed by atoms with Gasteiger partial charge in [0.25, 0.3) is 5.95 Å². The molecule has 0 N–H and O–H groups in total. The molecular weight excluding hydrogens is 330 g/mol. The minimum Gasteiger partial charge on any atom is -0.486 e. The zero-order valence-electron chi connectivity index (χ0n) is 14.3. The van der Waals surface area contributed by atoms with Gasteiger partial charge in [0.15, 0.2) is 11.5 Å². The number of para-hydroxylation sites is 1. The van der Waals surface area contributed by atoms with Crippen molar-refractivity contribution >= 4 is 5.95 Å². The van der Waals surface area contributed by atoms with Gasteiger partial charge in [0.05, 0.1) is 11.7 Å². The van der Waals surface area contributed by atoms with Crippen LogP contribution in [0.2, 0.25) is 0 Å². The van der Waals surface area contributed by atoms with Crippen LogP contribution in [0.3, 0.4) is 0 Å². The lowest BCUT2D eigenvalue weighted by Gasteiger charge is -2.27. The molecule has 1 saturated heterocycles. The van der Waals surface area contributed by atoms with Crippen molar-refractivity contribution in [2.45, 2.75) is 18.9 Å². The lowest BCUT2D eigenvalue weighted by Crippen LogP contribution is -2.26. The van der Waals surface area contributed by atoms with E-state index in [2.05, 4.69) is 32.6 Å². The van der Waals surface area contributed by atoms with Gasteiger partial charge in [-0.05, 0) is 53.1 Å². The summed E-state index contributed by atoms with van der Waals surface area (Å²) in [7, 11) is 0. The molecular formula is C19H19N5O2. The zero-order chi connectivity index (χ0) is 17.3. The minimum absolute atomic E-state index is 0.222. The molecule has 3 heterocycles. The average Bonchev–Trinajstić information content (AvgIpc) is 3.37. The molecule has 132 valence electrons. The standard InChI is InChI=1S/C19H19N5O2/c1-2-5-15(6-3-1)24-19(20-21-22-24)23-10-4-7-16(23)14-8-9-17-18(13-14)26-12-11-25-17/h1-3,5-6,8-9,13,16H,4,7,10-12H2/t16-/m1/s1. The van der Waals surface area contributed by atoms with Gasteiger partial charge in [-0.3, -0.25) is 0 Å². The predicted octanol–water partition coefficient (Wildman–Crippen LogP) is 2.78. The molecule has 1 aromatic heterocycles. The Labute approximate surface area is 151 Å². The summed E-state index contributed by atoms with van der Waals surface area (Å²) in [6, 6.07) is 16.4. The first-order chi connectivity index (χ1) is 12.9. The molecule has 2 aromatic carbocycles. The maximum atomic E-state index is 5.75. The summed E-state index contributed by atoms with van der Waals surface area (Å²) in [5.41, 5.74) is 2.16. The molecule has 5 rings (SSSR count). The second-order valence-electron chi connectivity index (χ2n) is 6.48. The van der Waals surface area contributed by atoms with Crippen molar-refractivity contribution < 1.29 is 9.47 Å². The van der Waals surface area contributed by atoms with E-state index in [-0.39, 0.29) is 6.04 Å². The fraction of sp³-hybridized carbons (Fsp3) is 0.316. The molecule has 7 nitrogen and oxygen atoms in total. The van der Waals surface area contributed by atoms with Crippen molar-refractivity contribution in [3.63, 3.8) is 0 Å². The Morgan fingerprint density at radius 3 is 2.69 bits per heavy atom. The molecule has 3 aromatic rings. The molecule has 1 atom stereocenters. The van der Waals surface area contributed by atoms with Crippen molar-refractivity contribution in [2.75, 3.05) is 24.7 Å². The zero-order valence-corrected chi connectivity index (χ0v) is 14.3. The second-order valence-corrected chi connectivity index (χ2v) is 6.48. The molecule has 0 bridgehead atoms. The average molecular weight is 349 g/mol. The Morgan fingerprint density at radius 1 is 0.962 bits per heavy atom. The van der Waals surface area contributed by atoms with Gasteiger partial charge in [-0.15, -0.1) is 0 Å². The fourth-order valence-electron chi connectivity index (χ4n) is 3.72. The number of tetrazole rings is 1. The van der Waals surface area contributed by atoms with Gasteiger partial charge in [-0.1, -0.05) is 29.4 Å². The second kappa shape index (κ2) is 6.33. The third kappa shape index (κ3) is 2.56. The molecule has 0 radical (unpaired) electrons. The summed E-state index contributed by atoms with van der Waals surface area (Å²) in [6.45, 7) is 2.12. The van der Waals surface area contributed by atoms with Crippen LogP contribution in [0.25, 0.3) is 5.69 Å². The fourth-order valence-corrected chi connectivity index (χ4v) is 3.72. The highest BCUT2D eigenvalue weighted by Gasteiger charge is 2.31. The molecule has 26 heavy (non-hydrogen) atoms. The number of anilines is 1. The van der Waals surface area contributed by atoms with E-state index in [9.17, 15) is 0 Å². The lowest BCUT2D eigenvalue weighted by molar-refractivity contribution is 0.171. The molecule has 0 spiro atoms. The van der Waals surface area contributed by atoms with Gasteiger partial charge >= 0.3 is 0 Å². The highest BCUT2D eigenvalue weighted by atomic mass is 16.6. The Balaban J connectivity index is 1.50. The molecule has 7 heteroatoms. The summed E-state index contributed by atoms with van der Waals surface area (Å²) in [4.78, 5) is 2.28. The largest absolute Gasteiger partial charge is 0.486 e. The monoisotopic (exact) mass is 349 g/mol. The van der Waals surface area contributed by atoms with E-state index in [4.69, 9.17) is 9.47 Å². The maximum Gasteiger partial charge on any atom is 0.250 e. The Bertz CT molecular complexity index is 911. The first-order valence-corrected chi connectivity index (χ1v) is 8.90. The molecule has 2 aliphatic heterocycles. The number of aromatic nitrogens is 4. The van der Waals surface area contributed by atoms with Crippen LogP contribution in [0.4, 0.5) is 5.95 Å². The predicted molar refractivity (Wildman–Crippen MR) is 95.9 cm³/mol. The first kappa shape index (κ1) is 15.2. The van der Waals surface area contributed by atoms with E-state index in [0.717, 1.165) is 42.5 Å². The van der Waals surface area contributed by atoms with Gasteiger partial charge in [0, 0.05) is 6.54 Å². The van der Waals surface area contributed by atoms with Crippen LogP contribution in [0.15, 0.2) is 48.5 Å².